The van der Waals surface area contributed by atoms with Crippen LogP contribution >= 0.6 is 15.9 Å². The lowest BCUT2D eigenvalue weighted by Crippen LogP contribution is -2.32. The Bertz CT molecular complexity index is 836. The summed E-state index contributed by atoms with van der Waals surface area (Å²) in [4.78, 5) is 35.5. The van der Waals surface area contributed by atoms with Crippen LogP contribution in [0.1, 0.15) is 15.9 Å². The SMILES string of the molecule is COc1ccc(C(=O)NCC(=O)OCC(=O)Nc2ccc(C)cc2Br)cc1. The van der Waals surface area contributed by atoms with E-state index < -0.39 is 24.4 Å². The number of amides is 2. The predicted octanol–water partition coefficient (Wildman–Crippen LogP) is 2.68. The number of ether oxygens (including phenoxy) is 2. The van der Waals surface area contributed by atoms with E-state index in [4.69, 9.17) is 9.47 Å². The van der Waals surface area contributed by atoms with Crippen molar-refractivity contribution in [3.63, 3.8) is 0 Å². The second kappa shape index (κ2) is 9.72. The van der Waals surface area contributed by atoms with Gasteiger partial charge < -0.3 is 20.1 Å². The molecule has 142 valence electrons. The topological polar surface area (TPSA) is 93.7 Å². The molecule has 2 rings (SSSR count). The molecule has 0 bridgehead atoms. The summed E-state index contributed by atoms with van der Waals surface area (Å²) in [6, 6.07) is 11.9. The molecule has 0 aromatic heterocycles. The Morgan fingerprint density at radius 1 is 1.07 bits per heavy atom. The summed E-state index contributed by atoms with van der Waals surface area (Å²) in [5.41, 5.74) is 2.00. The largest absolute Gasteiger partial charge is 0.497 e. The third-order valence-electron chi connectivity index (χ3n) is 3.51. The van der Waals surface area contributed by atoms with Crippen molar-refractivity contribution < 1.29 is 23.9 Å². The van der Waals surface area contributed by atoms with Gasteiger partial charge in [0.15, 0.2) is 6.61 Å². The number of hydrogen-bond acceptors (Lipinski definition) is 5. The van der Waals surface area contributed by atoms with Gasteiger partial charge in [0, 0.05) is 10.0 Å². The first-order valence-electron chi connectivity index (χ1n) is 8.03. The van der Waals surface area contributed by atoms with Gasteiger partial charge in [-0.05, 0) is 64.8 Å². The smallest absolute Gasteiger partial charge is 0.325 e. The van der Waals surface area contributed by atoms with E-state index in [9.17, 15) is 14.4 Å². The molecule has 0 radical (unpaired) electrons. The van der Waals surface area contributed by atoms with Crippen LogP contribution in [-0.2, 0) is 14.3 Å². The minimum Gasteiger partial charge on any atom is -0.497 e. The third-order valence-corrected chi connectivity index (χ3v) is 4.16. The van der Waals surface area contributed by atoms with E-state index in [1.54, 1.807) is 30.3 Å². The molecule has 0 spiro atoms. The lowest BCUT2D eigenvalue weighted by Gasteiger charge is -2.09. The van der Waals surface area contributed by atoms with Gasteiger partial charge in [-0.1, -0.05) is 6.07 Å². The van der Waals surface area contributed by atoms with Crippen LogP contribution in [0.2, 0.25) is 0 Å². The Morgan fingerprint density at radius 2 is 1.78 bits per heavy atom. The predicted molar refractivity (Wildman–Crippen MR) is 104 cm³/mol. The number of hydrogen-bond donors (Lipinski definition) is 2. The van der Waals surface area contributed by atoms with Crippen LogP contribution in [-0.4, -0.2) is 38.0 Å². The molecule has 0 aliphatic rings. The van der Waals surface area contributed by atoms with Crippen molar-refractivity contribution in [2.45, 2.75) is 6.92 Å². The molecule has 0 atom stereocenters. The Kier molecular flexibility index (Phi) is 7.36. The number of benzene rings is 2. The van der Waals surface area contributed by atoms with E-state index in [1.807, 2.05) is 19.1 Å². The number of carbonyl (C=O) groups is 3. The quantitative estimate of drug-likeness (QED) is 0.653. The van der Waals surface area contributed by atoms with E-state index in [0.29, 0.717) is 17.0 Å². The molecule has 8 heteroatoms. The molecule has 27 heavy (non-hydrogen) atoms. The number of esters is 1. The van der Waals surface area contributed by atoms with Crippen molar-refractivity contribution in [1.82, 2.24) is 5.32 Å². The van der Waals surface area contributed by atoms with Crippen LogP contribution in [0, 0.1) is 6.92 Å². The van der Waals surface area contributed by atoms with Crippen molar-refractivity contribution in [1.29, 1.82) is 0 Å². The molecular weight excluding hydrogens is 416 g/mol. The molecule has 0 saturated carbocycles. The average molecular weight is 435 g/mol. The number of halogens is 1. The molecule has 2 amide bonds. The van der Waals surface area contributed by atoms with Gasteiger partial charge in [0.1, 0.15) is 12.3 Å². The highest BCUT2D eigenvalue weighted by atomic mass is 79.9. The molecule has 2 aromatic rings. The van der Waals surface area contributed by atoms with Crippen molar-refractivity contribution in [2.75, 3.05) is 25.6 Å². The van der Waals surface area contributed by atoms with Gasteiger partial charge in [0.25, 0.3) is 11.8 Å². The summed E-state index contributed by atoms with van der Waals surface area (Å²) in [5.74, 6) is -0.996. The highest BCUT2D eigenvalue weighted by Gasteiger charge is 2.12. The van der Waals surface area contributed by atoms with Crippen LogP contribution in [0.25, 0.3) is 0 Å². The summed E-state index contributed by atoms with van der Waals surface area (Å²) >= 11 is 3.35. The first kappa shape index (κ1) is 20.4. The second-order valence-electron chi connectivity index (χ2n) is 5.60. The lowest BCUT2D eigenvalue weighted by molar-refractivity contribution is -0.146. The van der Waals surface area contributed by atoms with Crippen molar-refractivity contribution in [3.8, 4) is 5.75 Å². The van der Waals surface area contributed by atoms with Gasteiger partial charge in [0.05, 0.1) is 12.8 Å². The molecule has 0 aliphatic heterocycles. The zero-order chi connectivity index (χ0) is 19.8. The molecule has 0 fully saturated rings. The molecule has 2 aromatic carbocycles. The van der Waals surface area contributed by atoms with Gasteiger partial charge in [-0.25, -0.2) is 0 Å². The van der Waals surface area contributed by atoms with Gasteiger partial charge in [-0.3, -0.25) is 14.4 Å². The Hall–Kier alpha value is -2.87. The Balaban J connectivity index is 1.74. The van der Waals surface area contributed by atoms with Crippen LogP contribution in [0.5, 0.6) is 5.75 Å². The number of rotatable bonds is 7. The fourth-order valence-corrected chi connectivity index (χ4v) is 2.69. The maximum atomic E-state index is 11.9. The van der Waals surface area contributed by atoms with Crippen LogP contribution in [0.4, 0.5) is 5.69 Å². The average Bonchev–Trinajstić information content (AvgIpc) is 2.66. The molecule has 2 N–H and O–H groups in total. The van der Waals surface area contributed by atoms with Gasteiger partial charge in [-0.2, -0.15) is 0 Å². The van der Waals surface area contributed by atoms with Gasteiger partial charge in [-0.15, -0.1) is 0 Å². The van der Waals surface area contributed by atoms with E-state index >= 15 is 0 Å². The number of aryl methyl sites for hydroxylation is 1. The fraction of sp³-hybridized carbons (Fsp3) is 0.211. The minimum atomic E-state index is -0.713. The zero-order valence-electron chi connectivity index (χ0n) is 14.9. The number of carbonyl (C=O) groups excluding carboxylic acids is 3. The highest BCUT2D eigenvalue weighted by molar-refractivity contribution is 9.10. The lowest BCUT2D eigenvalue weighted by atomic mass is 10.2. The number of nitrogens with one attached hydrogen (secondary N) is 2. The van der Waals surface area contributed by atoms with E-state index in [1.165, 1.54) is 7.11 Å². The zero-order valence-corrected chi connectivity index (χ0v) is 16.5. The summed E-state index contributed by atoms with van der Waals surface area (Å²) in [6.45, 7) is 1.14. The second-order valence-corrected chi connectivity index (χ2v) is 6.46. The fourth-order valence-electron chi connectivity index (χ4n) is 2.10. The van der Waals surface area contributed by atoms with E-state index in [-0.39, 0.29) is 6.54 Å². The maximum absolute atomic E-state index is 11.9. The number of methoxy groups -OCH3 is 1. The number of anilines is 1. The van der Waals surface area contributed by atoms with Crippen molar-refractivity contribution >= 4 is 39.4 Å². The molecule has 0 aliphatic carbocycles. The van der Waals surface area contributed by atoms with E-state index in [0.717, 1.165) is 10.0 Å². The van der Waals surface area contributed by atoms with Crippen molar-refractivity contribution in [3.05, 3.63) is 58.1 Å². The van der Waals surface area contributed by atoms with Crippen molar-refractivity contribution in [2.24, 2.45) is 0 Å². The van der Waals surface area contributed by atoms with Gasteiger partial charge in [0.2, 0.25) is 0 Å². The molecule has 0 heterocycles. The summed E-state index contributed by atoms with van der Waals surface area (Å²) < 4.78 is 10.6. The minimum absolute atomic E-state index is 0.341. The Labute approximate surface area is 165 Å². The van der Waals surface area contributed by atoms with E-state index in [2.05, 4.69) is 26.6 Å². The third kappa shape index (κ3) is 6.41. The molecule has 0 saturated heterocycles. The summed E-state index contributed by atoms with van der Waals surface area (Å²) in [5, 5.41) is 5.06. The molecule has 7 nitrogen and oxygen atoms in total. The van der Waals surface area contributed by atoms with Gasteiger partial charge >= 0.3 is 5.97 Å². The standard InChI is InChI=1S/C19H19BrN2O5/c1-12-3-8-16(15(20)9-12)22-17(23)11-27-18(24)10-21-19(25)13-4-6-14(26-2)7-5-13/h3-9H,10-11H2,1-2H3,(H,21,25)(H,22,23). The monoisotopic (exact) mass is 434 g/mol. The molecular formula is C19H19BrN2O5. The summed E-state index contributed by atoms with van der Waals surface area (Å²) in [6.07, 6.45) is 0. The van der Waals surface area contributed by atoms with Crippen LogP contribution in [0.15, 0.2) is 46.9 Å². The highest BCUT2D eigenvalue weighted by Crippen LogP contribution is 2.23. The first-order valence-corrected chi connectivity index (χ1v) is 8.82. The maximum Gasteiger partial charge on any atom is 0.325 e. The first-order chi connectivity index (χ1) is 12.9. The van der Waals surface area contributed by atoms with Crippen LogP contribution in [0.3, 0.4) is 0 Å². The normalized spacial score (nSPS) is 10.0. The molecule has 0 unspecified atom stereocenters. The Morgan fingerprint density at radius 3 is 2.41 bits per heavy atom. The van der Waals surface area contributed by atoms with Crippen LogP contribution < -0.4 is 15.4 Å². The summed E-state index contributed by atoms with van der Waals surface area (Å²) in [7, 11) is 1.53.